The largest absolute Gasteiger partial charge is 0.466 e. The van der Waals surface area contributed by atoms with Crippen LogP contribution in [0.2, 0.25) is 0 Å². The molecule has 2 aromatic rings. The van der Waals surface area contributed by atoms with E-state index < -0.39 is 47.1 Å². The molecule has 2 rings (SSSR count). The number of amides is 3. The third kappa shape index (κ3) is 10.2. The molecule has 0 aliphatic heterocycles. The summed E-state index contributed by atoms with van der Waals surface area (Å²) in [4.78, 5) is 55.0. The van der Waals surface area contributed by atoms with Crippen LogP contribution in [0, 0.1) is 13.8 Å². The minimum Gasteiger partial charge on any atom is -0.466 e. The zero-order valence-electron chi connectivity index (χ0n) is 26.5. The van der Waals surface area contributed by atoms with Crippen molar-refractivity contribution in [3.8, 4) is 0 Å². The lowest BCUT2D eigenvalue weighted by Crippen LogP contribution is -2.59. The van der Waals surface area contributed by atoms with Gasteiger partial charge in [0.15, 0.2) is 0 Å². The number of ether oxygens (including phenoxy) is 2. The molecule has 0 saturated carbocycles. The third-order valence-electron chi connectivity index (χ3n) is 6.49. The summed E-state index contributed by atoms with van der Waals surface area (Å²) < 4.78 is 10.5. The molecule has 0 bridgehead atoms. The lowest BCUT2D eigenvalue weighted by Gasteiger charge is -2.43. The van der Waals surface area contributed by atoms with Gasteiger partial charge in [0.05, 0.1) is 13.0 Å². The van der Waals surface area contributed by atoms with Gasteiger partial charge in [0.1, 0.15) is 17.7 Å². The van der Waals surface area contributed by atoms with Gasteiger partial charge in [-0.2, -0.15) is 0 Å². The molecule has 2 N–H and O–H groups in total. The van der Waals surface area contributed by atoms with Gasteiger partial charge in [0.25, 0.3) is 0 Å². The van der Waals surface area contributed by atoms with E-state index in [0.29, 0.717) is 5.56 Å². The molecular formula is C33H47N3O6. The number of nitrogens with one attached hydrogen (secondary N) is 2. The summed E-state index contributed by atoms with van der Waals surface area (Å²) in [7, 11) is 0. The van der Waals surface area contributed by atoms with Crippen LogP contribution in [-0.2, 0) is 30.3 Å². The Bertz CT molecular complexity index is 1210. The second-order valence-electron chi connectivity index (χ2n) is 12.3. The molecule has 230 valence electrons. The van der Waals surface area contributed by atoms with Crippen LogP contribution < -0.4 is 10.6 Å². The standard InChI is InChI=1S/C33H47N3O6/c1-10-41-26(37)19-20-34-29(38)28(27-22(2)15-14-16-23(27)3)36(32(4,5)6)30(39)25(21-24-17-12-11-13-18-24)35-31(40)42-33(7,8)9/h11-18,25,28H,10,19-21H2,1-9H3,(H,34,38)(H,35,40). The Morgan fingerprint density at radius 3 is 2.00 bits per heavy atom. The quantitative estimate of drug-likeness (QED) is 0.354. The van der Waals surface area contributed by atoms with Gasteiger partial charge in [-0.3, -0.25) is 14.4 Å². The Morgan fingerprint density at radius 2 is 1.48 bits per heavy atom. The average Bonchev–Trinajstić information content (AvgIpc) is 2.86. The Labute approximate surface area is 250 Å². The Balaban J connectivity index is 2.60. The second-order valence-corrected chi connectivity index (χ2v) is 12.3. The summed E-state index contributed by atoms with van der Waals surface area (Å²) in [5, 5.41) is 5.62. The van der Waals surface area contributed by atoms with E-state index in [9.17, 15) is 19.2 Å². The van der Waals surface area contributed by atoms with Gasteiger partial charge >= 0.3 is 12.1 Å². The highest BCUT2D eigenvalue weighted by Crippen LogP contribution is 2.34. The zero-order valence-corrected chi connectivity index (χ0v) is 26.5. The first kappa shape index (κ1) is 34.3. The number of rotatable bonds is 11. The van der Waals surface area contributed by atoms with E-state index in [-0.39, 0.29) is 26.0 Å². The summed E-state index contributed by atoms with van der Waals surface area (Å²) >= 11 is 0. The molecule has 2 atom stereocenters. The number of carbonyl (C=O) groups excluding carboxylic acids is 4. The van der Waals surface area contributed by atoms with Crippen molar-refractivity contribution in [1.82, 2.24) is 15.5 Å². The topological polar surface area (TPSA) is 114 Å². The first-order valence-corrected chi connectivity index (χ1v) is 14.4. The van der Waals surface area contributed by atoms with Gasteiger partial charge in [0, 0.05) is 18.5 Å². The van der Waals surface area contributed by atoms with Crippen molar-refractivity contribution < 1.29 is 28.7 Å². The van der Waals surface area contributed by atoms with E-state index in [0.717, 1.165) is 16.7 Å². The molecule has 0 radical (unpaired) electrons. The molecule has 0 spiro atoms. The van der Waals surface area contributed by atoms with Crippen LogP contribution in [0.5, 0.6) is 0 Å². The normalized spacial score (nSPS) is 13.0. The first-order valence-electron chi connectivity index (χ1n) is 14.4. The Hall–Kier alpha value is -3.88. The van der Waals surface area contributed by atoms with E-state index >= 15 is 0 Å². The van der Waals surface area contributed by atoms with Crippen molar-refractivity contribution in [2.75, 3.05) is 13.2 Å². The lowest BCUT2D eigenvalue weighted by atomic mass is 9.89. The number of hydrogen-bond donors (Lipinski definition) is 2. The molecule has 0 aliphatic carbocycles. The molecule has 0 fully saturated rings. The van der Waals surface area contributed by atoms with Crippen LogP contribution >= 0.6 is 0 Å². The van der Waals surface area contributed by atoms with Crippen molar-refractivity contribution in [1.29, 1.82) is 0 Å². The Morgan fingerprint density at radius 1 is 0.881 bits per heavy atom. The summed E-state index contributed by atoms with van der Waals surface area (Å²) in [6.07, 6.45) is -0.539. The monoisotopic (exact) mass is 581 g/mol. The van der Waals surface area contributed by atoms with Gasteiger partial charge < -0.3 is 25.0 Å². The minimum atomic E-state index is -1.04. The van der Waals surface area contributed by atoms with Crippen molar-refractivity contribution >= 4 is 23.9 Å². The van der Waals surface area contributed by atoms with Gasteiger partial charge in [-0.15, -0.1) is 0 Å². The Kier molecular flexibility index (Phi) is 12.1. The molecule has 0 aromatic heterocycles. The first-order chi connectivity index (χ1) is 19.5. The van der Waals surface area contributed by atoms with Crippen molar-refractivity contribution in [2.24, 2.45) is 0 Å². The van der Waals surface area contributed by atoms with Gasteiger partial charge in [-0.1, -0.05) is 48.5 Å². The number of esters is 1. The minimum absolute atomic E-state index is 0.000645. The molecule has 3 amide bonds. The molecule has 0 heterocycles. The highest BCUT2D eigenvalue weighted by Gasteiger charge is 2.42. The number of aryl methyl sites for hydroxylation is 2. The summed E-state index contributed by atoms with van der Waals surface area (Å²) in [5.41, 5.74) is 1.57. The molecular weight excluding hydrogens is 534 g/mol. The van der Waals surface area contributed by atoms with Crippen LogP contribution in [0.3, 0.4) is 0 Å². The zero-order chi connectivity index (χ0) is 31.7. The summed E-state index contributed by atoms with van der Waals surface area (Å²) in [6, 6.07) is 13.0. The van der Waals surface area contributed by atoms with E-state index in [4.69, 9.17) is 9.47 Å². The summed E-state index contributed by atoms with van der Waals surface area (Å²) in [5.74, 6) is -1.30. The fraction of sp³-hybridized carbons (Fsp3) is 0.515. The highest BCUT2D eigenvalue weighted by molar-refractivity contribution is 5.93. The lowest BCUT2D eigenvalue weighted by molar-refractivity contribution is -0.149. The van der Waals surface area contributed by atoms with Gasteiger partial charge in [0.2, 0.25) is 11.8 Å². The molecule has 9 nitrogen and oxygen atoms in total. The number of nitrogens with zero attached hydrogens (tertiary/aromatic N) is 1. The maximum Gasteiger partial charge on any atom is 0.408 e. The number of alkyl carbamates (subject to hydrolysis) is 1. The average molecular weight is 582 g/mol. The molecule has 9 heteroatoms. The van der Waals surface area contributed by atoms with Crippen molar-refractivity contribution in [3.63, 3.8) is 0 Å². The van der Waals surface area contributed by atoms with Crippen LogP contribution in [0.4, 0.5) is 4.79 Å². The third-order valence-corrected chi connectivity index (χ3v) is 6.49. The molecule has 42 heavy (non-hydrogen) atoms. The van der Waals surface area contributed by atoms with Gasteiger partial charge in [-0.25, -0.2) is 4.79 Å². The van der Waals surface area contributed by atoms with Crippen LogP contribution in [0.15, 0.2) is 48.5 Å². The van der Waals surface area contributed by atoms with Crippen molar-refractivity contribution in [2.45, 2.75) is 98.4 Å². The van der Waals surface area contributed by atoms with E-state index in [1.165, 1.54) is 4.90 Å². The molecule has 2 aromatic carbocycles. The molecule has 2 unspecified atom stereocenters. The van der Waals surface area contributed by atoms with Crippen LogP contribution in [-0.4, -0.2) is 59.1 Å². The predicted octanol–water partition coefficient (Wildman–Crippen LogP) is 5.18. The number of hydrogen-bond acceptors (Lipinski definition) is 6. The second kappa shape index (κ2) is 14.8. The van der Waals surface area contributed by atoms with E-state index in [2.05, 4.69) is 10.6 Å². The van der Waals surface area contributed by atoms with E-state index in [1.54, 1.807) is 27.7 Å². The fourth-order valence-electron chi connectivity index (χ4n) is 4.77. The maximum atomic E-state index is 14.6. The van der Waals surface area contributed by atoms with Crippen LogP contribution in [0.25, 0.3) is 0 Å². The smallest absolute Gasteiger partial charge is 0.408 e. The number of benzene rings is 2. The fourth-order valence-corrected chi connectivity index (χ4v) is 4.77. The summed E-state index contributed by atoms with van der Waals surface area (Å²) in [6.45, 7) is 16.6. The SMILES string of the molecule is CCOC(=O)CCNC(=O)C(c1c(C)cccc1C)N(C(=O)C(Cc1ccccc1)NC(=O)OC(C)(C)C)C(C)(C)C. The maximum absolute atomic E-state index is 14.6. The molecule has 0 saturated heterocycles. The van der Waals surface area contributed by atoms with Crippen molar-refractivity contribution in [3.05, 3.63) is 70.8 Å². The van der Waals surface area contributed by atoms with Crippen LogP contribution in [0.1, 0.15) is 83.2 Å². The predicted molar refractivity (Wildman–Crippen MR) is 163 cm³/mol. The van der Waals surface area contributed by atoms with E-state index in [1.807, 2.05) is 83.1 Å². The highest BCUT2D eigenvalue weighted by atomic mass is 16.6. The number of carbonyl (C=O) groups is 4. The van der Waals surface area contributed by atoms with Gasteiger partial charge in [-0.05, 0) is 84.6 Å². The molecule has 0 aliphatic rings.